The molecule has 1 fully saturated rings. The van der Waals surface area contributed by atoms with Gasteiger partial charge in [0.25, 0.3) is 0 Å². The van der Waals surface area contributed by atoms with E-state index in [0.717, 1.165) is 11.1 Å². The smallest absolute Gasteiger partial charge is 0.421 e. The first kappa shape index (κ1) is 12.1. The minimum absolute atomic E-state index is 0.401. The van der Waals surface area contributed by atoms with E-state index in [0.29, 0.717) is 12.0 Å². The average Bonchev–Trinajstić information content (AvgIpc) is 2.40. The van der Waals surface area contributed by atoms with Gasteiger partial charge in [0, 0.05) is 12.0 Å². The molecule has 2 atom stereocenters. The first-order valence-corrected chi connectivity index (χ1v) is 5.91. The van der Waals surface area contributed by atoms with Crippen LogP contribution in [0.5, 0.6) is 0 Å². The van der Waals surface area contributed by atoms with Crippen molar-refractivity contribution in [2.24, 2.45) is 0 Å². The van der Waals surface area contributed by atoms with Crippen LogP contribution in [0.15, 0.2) is 18.2 Å². The largest absolute Gasteiger partial charge is 0.437 e. The van der Waals surface area contributed by atoms with Gasteiger partial charge in [0.1, 0.15) is 0 Å². The van der Waals surface area contributed by atoms with Crippen molar-refractivity contribution >= 4 is 11.9 Å². The third-order valence-electron chi connectivity index (χ3n) is 3.56. The molecule has 0 amide bonds. The van der Waals surface area contributed by atoms with Gasteiger partial charge in [-0.05, 0) is 19.5 Å². The van der Waals surface area contributed by atoms with Gasteiger partial charge in [0.15, 0.2) is 6.23 Å². The van der Waals surface area contributed by atoms with Crippen molar-refractivity contribution in [3.8, 4) is 0 Å². The molecule has 1 aromatic carbocycles. The van der Waals surface area contributed by atoms with E-state index < -0.39 is 24.1 Å². The highest BCUT2D eigenvalue weighted by atomic mass is 16.7. The molecule has 2 heterocycles. The molecule has 2 aliphatic heterocycles. The summed E-state index contributed by atoms with van der Waals surface area (Å²) in [6.07, 6.45) is -0.323. The molecule has 3 rings (SSSR count). The summed E-state index contributed by atoms with van der Waals surface area (Å²) in [4.78, 5) is 24.3. The van der Waals surface area contributed by atoms with Crippen molar-refractivity contribution in [2.45, 2.75) is 25.5 Å². The lowest BCUT2D eigenvalue weighted by atomic mass is 9.93. The van der Waals surface area contributed by atoms with Crippen LogP contribution in [-0.2, 0) is 31.4 Å². The van der Waals surface area contributed by atoms with E-state index in [2.05, 4.69) is 0 Å². The van der Waals surface area contributed by atoms with Crippen LogP contribution in [0.1, 0.15) is 16.7 Å². The Morgan fingerprint density at radius 1 is 1.37 bits per heavy atom. The number of carbonyl (C=O) groups is 2. The predicted octanol–water partition coefficient (Wildman–Crippen LogP) is 0.0116. The molecule has 1 aromatic rings. The molecule has 0 aromatic heterocycles. The molecule has 1 N–H and O–H groups in total. The standard InChI is InChI=1S/C13H13NO5/c1-7-3-4-9-8(5-7)6-10-14(2)13(9,17)19-12(16)11(15)18-10/h3-5,10,17H,6H2,1-2H3. The second-order valence-corrected chi connectivity index (χ2v) is 4.83. The molecule has 0 saturated carbocycles. The van der Waals surface area contributed by atoms with E-state index in [-0.39, 0.29) is 0 Å². The summed E-state index contributed by atoms with van der Waals surface area (Å²) < 4.78 is 9.95. The van der Waals surface area contributed by atoms with Crippen LogP contribution in [0.25, 0.3) is 0 Å². The van der Waals surface area contributed by atoms with E-state index in [4.69, 9.17) is 9.47 Å². The molecule has 0 aliphatic carbocycles. The number of benzene rings is 1. The number of aryl methyl sites for hydroxylation is 1. The zero-order valence-corrected chi connectivity index (χ0v) is 10.5. The topological polar surface area (TPSA) is 76.1 Å². The quantitative estimate of drug-likeness (QED) is 0.525. The first-order chi connectivity index (χ1) is 8.91. The summed E-state index contributed by atoms with van der Waals surface area (Å²) in [5.74, 6) is -4.24. The van der Waals surface area contributed by atoms with E-state index in [1.165, 1.54) is 4.90 Å². The average molecular weight is 263 g/mol. The highest BCUT2D eigenvalue weighted by molar-refractivity contribution is 6.30. The molecular formula is C13H13NO5. The van der Waals surface area contributed by atoms with E-state index in [1.807, 2.05) is 19.1 Å². The molecule has 0 radical (unpaired) electrons. The monoisotopic (exact) mass is 263 g/mol. The maximum Gasteiger partial charge on any atom is 0.421 e. The number of likely N-dealkylation sites (N-methyl/N-ethyl adjacent to an activating group) is 1. The number of aliphatic hydroxyl groups is 1. The Labute approximate surface area is 109 Å². The third-order valence-corrected chi connectivity index (χ3v) is 3.56. The Hall–Kier alpha value is -1.92. The highest BCUT2D eigenvalue weighted by Gasteiger charge is 2.52. The zero-order chi connectivity index (χ0) is 13.8. The lowest BCUT2D eigenvalue weighted by Gasteiger charge is -2.41. The van der Waals surface area contributed by atoms with E-state index in [1.54, 1.807) is 13.1 Å². The number of esters is 2. The third kappa shape index (κ3) is 1.64. The Balaban J connectivity index is 2.19. The second kappa shape index (κ2) is 3.79. The van der Waals surface area contributed by atoms with Crippen molar-refractivity contribution in [3.05, 3.63) is 34.9 Å². The summed E-state index contributed by atoms with van der Waals surface area (Å²) in [5, 5.41) is 10.6. The van der Waals surface area contributed by atoms with Gasteiger partial charge in [-0.15, -0.1) is 0 Å². The molecule has 100 valence electrons. The van der Waals surface area contributed by atoms with Crippen LogP contribution in [0.4, 0.5) is 0 Å². The number of carbonyl (C=O) groups excluding carboxylic acids is 2. The summed E-state index contributed by atoms with van der Waals surface area (Å²) in [5.41, 5.74) is 2.28. The van der Waals surface area contributed by atoms with Crippen molar-refractivity contribution in [1.29, 1.82) is 0 Å². The maximum atomic E-state index is 11.5. The van der Waals surface area contributed by atoms with Crippen molar-refractivity contribution in [1.82, 2.24) is 4.90 Å². The number of nitrogens with zero attached hydrogens (tertiary/aromatic N) is 1. The van der Waals surface area contributed by atoms with E-state index in [9.17, 15) is 14.7 Å². The van der Waals surface area contributed by atoms with Gasteiger partial charge in [-0.25, -0.2) is 14.5 Å². The van der Waals surface area contributed by atoms with Crippen LogP contribution in [0, 0.1) is 6.92 Å². The van der Waals surface area contributed by atoms with Gasteiger partial charge in [-0.3, -0.25) is 0 Å². The Morgan fingerprint density at radius 2 is 2.11 bits per heavy atom. The normalized spacial score (nSPS) is 30.2. The highest BCUT2D eigenvalue weighted by Crippen LogP contribution is 2.38. The number of fused-ring (bicyclic) bond motifs is 4. The molecule has 0 spiro atoms. The number of ether oxygens (including phenoxy) is 2. The number of rotatable bonds is 0. The fourth-order valence-electron chi connectivity index (χ4n) is 2.51. The summed E-state index contributed by atoms with van der Waals surface area (Å²) in [6.45, 7) is 1.92. The molecule has 6 nitrogen and oxygen atoms in total. The second-order valence-electron chi connectivity index (χ2n) is 4.83. The minimum atomic E-state index is -1.96. The molecule has 2 unspecified atom stereocenters. The molecule has 19 heavy (non-hydrogen) atoms. The van der Waals surface area contributed by atoms with Crippen molar-refractivity contribution in [2.75, 3.05) is 7.05 Å². The molecule has 2 aliphatic rings. The molecule has 2 bridgehead atoms. The van der Waals surface area contributed by atoms with Crippen LogP contribution in [0.2, 0.25) is 0 Å². The minimum Gasteiger partial charge on any atom is -0.437 e. The first-order valence-electron chi connectivity index (χ1n) is 5.91. The maximum absolute atomic E-state index is 11.5. The SMILES string of the molecule is Cc1ccc2c(c1)CC1OC(=O)C(=O)OC2(O)N1C. The van der Waals surface area contributed by atoms with Crippen LogP contribution in [0.3, 0.4) is 0 Å². The zero-order valence-electron chi connectivity index (χ0n) is 10.5. The van der Waals surface area contributed by atoms with Gasteiger partial charge in [0.2, 0.25) is 0 Å². The van der Waals surface area contributed by atoms with Crippen molar-refractivity contribution < 1.29 is 24.2 Å². The van der Waals surface area contributed by atoms with Gasteiger partial charge >= 0.3 is 17.8 Å². The fraction of sp³-hybridized carbons (Fsp3) is 0.385. The fourth-order valence-corrected chi connectivity index (χ4v) is 2.51. The Morgan fingerprint density at radius 3 is 2.84 bits per heavy atom. The lowest BCUT2D eigenvalue weighted by Crippen LogP contribution is -2.54. The Bertz CT molecular complexity index is 584. The molecule has 1 saturated heterocycles. The Kier molecular flexibility index (Phi) is 2.42. The van der Waals surface area contributed by atoms with Gasteiger partial charge in [-0.1, -0.05) is 23.8 Å². The summed E-state index contributed by atoms with van der Waals surface area (Å²) >= 11 is 0. The predicted molar refractivity (Wildman–Crippen MR) is 62.5 cm³/mol. The van der Waals surface area contributed by atoms with Crippen LogP contribution < -0.4 is 0 Å². The van der Waals surface area contributed by atoms with Crippen molar-refractivity contribution in [3.63, 3.8) is 0 Å². The number of hydrogen-bond acceptors (Lipinski definition) is 6. The lowest BCUT2D eigenvalue weighted by molar-refractivity contribution is -0.300. The number of hydrogen-bond donors (Lipinski definition) is 1. The van der Waals surface area contributed by atoms with E-state index >= 15 is 0 Å². The summed E-state index contributed by atoms with van der Waals surface area (Å²) in [7, 11) is 1.54. The van der Waals surface area contributed by atoms with Crippen LogP contribution in [-0.4, -0.2) is 35.2 Å². The summed E-state index contributed by atoms with van der Waals surface area (Å²) in [6, 6.07) is 5.39. The molecular weight excluding hydrogens is 250 g/mol. The van der Waals surface area contributed by atoms with Gasteiger partial charge < -0.3 is 14.6 Å². The molecule has 6 heteroatoms. The van der Waals surface area contributed by atoms with Gasteiger partial charge in [0.05, 0.1) is 0 Å². The van der Waals surface area contributed by atoms with Crippen LogP contribution >= 0.6 is 0 Å². The van der Waals surface area contributed by atoms with Gasteiger partial charge in [-0.2, -0.15) is 0 Å².